The quantitative estimate of drug-likeness (QED) is 0.914. The zero-order chi connectivity index (χ0) is 16.2. The van der Waals surface area contributed by atoms with Crippen LogP contribution in [0, 0.1) is 6.92 Å². The number of hydrogen-bond acceptors (Lipinski definition) is 4. The van der Waals surface area contributed by atoms with Crippen LogP contribution in [-0.2, 0) is 4.79 Å². The van der Waals surface area contributed by atoms with Gasteiger partial charge < -0.3 is 10.2 Å². The van der Waals surface area contributed by atoms with Gasteiger partial charge in [0.15, 0.2) is 0 Å². The van der Waals surface area contributed by atoms with Crippen molar-refractivity contribution in [2.45, 2.75) is 38.6 Å². The minimum Gasteiger partial charge on any atom is -0.349 e. The molecule has 2 aliphatic rings. The Morgan fingerprint density at radius 1 is 1.22 bits per heavy atom. The van der Waals surface area contributed by atoms with Crippen molar-refractivity contribution < 1.29 is 9.59 Å². The van der Waals surface area contributed by atoms with Gasteiger partial charge in [-0.25, -0.2) is 0 Å². The summed E-state index contributed by atoms with van der Waals surface area (Å²) < 4.78 is 0. The van der Waals surface area contributed by atoms with Crippen LogP contribution in [0.25, 0.3) is 0 Å². The van der Waals surface area contributed by atoms with Gasteiger partial charge >= 0.3 is 0 Å². The number of rotatable bonds is 4. The van der Waals surface area contributed by atoms with E-state index >= 15 is 0 Å². The average molecular weight is 335 g/mol. The third-order valence-corrected chi connectivity index (χ3v) is 5.82. The summed E-state index contributed by atoms with van der Waals surface area (Å²) >= 11 is 1.50. The highest BCUT2D eigenvalue weighted by Crippen LogP contribution is 2.17. The number of hydrogen-bond donors (Lipinski definition) is 1. The van der Waals surface area contributed by atoms with E-state index in [0.717, 1.165) is 62.3 Å². The minimum absolute atomic E-state index is 0.0455. The number of piperidine rings is 1. The summed E-state index contributed by atoms with van der Waals surface area (Å²) in [4.78, 5) is 29.5. The summed E-state index contributed by atoms with van der Waals surface area (Å²) in [7, 11) is 0. The standard InChI is InChI=1S/C17H25N3O2S/c1-13-6-11-23-16(13)17(22)18-14-4-9-19(10-5-14)12-15(21)20-7-2-3-8-20/h6,11,14H,2-5,7-10,12H2,1H3,(H,18,22). The second-order valence-electron chi connectivity index (χ2n) is 6.54. The average Bonchev–Trinajstić information content (AvgIpc) is 3.20. The second-order valence-corrected chi connectivity index (χ2v) is 7.46. The Bertz CT molecular complexity index is 558. The van der Waals surface area contributed by atoms with E-state index in [-0.39, 0.29) is 17.9 Å². The van der Waals surface area contributed by atoms with Crippen molar-refractivity contribution in [2.24, 2.45) is 0 Å². The Labute approximate surface area is 141 Å². The molecule has 0 unspecified atom stereocenters. The lowest BCUT2D eigenvalue weighted by atomic mass is 10.0. The van der Waals surface area contributed by atoms with Gasteiger partial charge in [0, 0.05) is 32.2 Å². The smallest absolute Gasteiger partial charge is 0.261 e. The molecule has 0 radical (unpaired) electrons. The van der Waals surface area contributed by atoms with Crippen molar-refractivity contribution in [3.8, 4) is 0 Å². The first-order valence-electron chi connectivity index (χ1n) is 8.48. The summed E-state index contributed by atoms with van der Waals surface area (Å²) in [6, 6.07) is 2.20. The van der Waals surface area contributed by atoms with Crippen LogP contribution in [0.3, 0.4) is 0 Å². The highest BCUT2D eigenvalue weighted by Gasteiger charge is 2.25. The third-order valence-electron chi connectivity index (χ3n) is 4.81. The molecule has 126 valence electrons. The first-order valence-corrected chi connectivity index (χ1v) is 9.36. The van der Waals surface area contributed by atoms with Gasteiger partial charge in [0.1, 0.15) is 0 Å². The monoisotopic (exact) mass is 335 g/mol. The SMILES string of the molecule is Cc1ccsc1C(=O)NC1CCN(CC(=O)N2CCCC2)CC1. The molecular weight excluding hydrogens is 310 g/mol. The van der Waals surface area contributed by atoms with Crippen LogP contribution in [0.2, 0.25) is 0 Å². The van der Waals surface area contributed by atoms with E-state index in [0.29, 0.717) is 6.54 Å². The Morgan fingerprint density at radius 3 is 2.52 bits per heavy atom. The molecule has 1 N–H and O–H groups in total. The van der Waals surface area contributed by atoms with E-state index in [1.54, 1.807) is 0 Å². The maximum Gasteiger partial charge on any atom is 0.261 e. The molecule has 0 atom stereocenters. The van der Waals surface area contributed by atoms with Gasteiger partial charge in [0.2, 0.25) is 5.91 Å². The van der Waals surface area contributed by atoms with Gasteiger partial charge in [0.05, 0.1) is 11.4 Å². The fourth-order valence-corrected chi connectivity index (χ4v) is 4.18. The fourth-order valence-electron chi connectivity index (χ4n) is 3.35. The van der Waals surface area contributed by atoms with Gasteiger partial charge in [-0.1, -0.05) is 0 Å². The molecule has 2 aliphatic heterocycles. The molecule has 2 saturated heterocycles. The molecule has 0 saturated carbocycles. The normalized spacial score (nSPS) is 20.0. The summed E-state index contributed by atoms with van der Waals surface area (Å²) in [5.74, 6) is 0.309. The minimum atomic E-state index is 0.0455. The van der Waals surface area contributed by atoms with Crippen molar-refractivity contribution in [3.63, 3.8) is 0 Å². The van der Waals surface area contributed by atoms with Crippen LogP contribution in [0.1, 0.15) is 40.9 Å². The first-order chi connectivity index (χ1) is 11.1. The van der Waals surface area contributed by atoms with Gasteiger partial charge in [0.25, 0.3) is 5.91 Å². The van der Waals surface area contributed by atoms with Crippen molar-refractivity contribution in [1.82, 2.24) is 15.1 Å². The predicted molar refractivity (Wildman–Crippen MR) is 91.8 cm³/mol. The lowest BCUT2D eigenvalue weighted by Crippen LogP contribution is -2.47. The Hall–Kier alpha value is -1.40. The number of carbonyl (C=O) groups is 2. The highest BCUT2D eigenvalue weighted by atomic mass is 32.1. The number of amides is 2. The molecule has 3 rings (SSSR count). The van der Waals surface area contributed by atoms with E-state index in [1.807, 2.05) is 23.3 Å². The van der Waals surface area contributed by atoms with Crippen LogP contribution in [-0.4, -0.2) is 60.4 Å². The number of likely N-dealkylation sites (tertiary alicyclic amines) is 2. The molecule has 1 aromatic heterocycles. The van der Waals surface area contributed by atoms with Crippen LogP contribution in [0.4, 0.5) is 0 Å². The molecular formula is C17H25N3O2S. The topological polar surface area (TPSA) is 52.7 Å². The maximum atomic E-state index is 12.3. The predicted octanol–water partition coefficient (Wildman–Crippen LogP) is 1.87. The zero-order valence-corrected chi connectivity index (χ0v) is 14.5. The number of carbonyl (C=O) groups excluding carboxylic acids is 2. The number of nitrogens with one attached hydrogen (secondary N) is 1. The third kappa shape index (κ3) is 4.12. The van der Waals surface area contributed by atoms with E-state index in [4.69, 9.17) is 0 Å². The molecule has 0 aliphatic carbocycles. The molecule has 5 nitrogen and oxygen atoms in total. The van der Waals surface area contributed by atoms with Gasteiger partial charge in [-0.05, 0) is 49.6 Å². The maximum absolute atomic E-state index is 12.3. The Morgan fingerprint density at radius 2 is 1.91 bits per heavy atom. The van der Waals surface area contributed by atoms with Crippen LogP contribution < -0.4 is 5.32 Å². The van der Waals surface area contributed by atoms with Crippen LogP contribution in [0.15, 0.2) is 11.4 Å². The Balaban J connectivity index is 1.42. The molecule has 3 heterocycles. The van der Waals surface area contributed by atoms with Crippen LogP contribution in [0.5, 0.6) is 0 Å². The molecule has 2 amide bonds. The van der Waals surface area contributed by atoms with E-state index in [1.165, 1.54) is 11.3 Å². The lowest BCUT2D eigenvalue weighted by molar-refractivity contribution is -0.131. The number of aryl methyl sites for hydroxylation is 1. The van der Waals surface area contributed by atoms with Gasteiger partial charge in [-0.2, -0.15) is 0 Å². The zero-order valence-electron chi connectivity index (χ0n) is 13.7. The summed E-state index contributed by atoms with van der Waals surface area (Å²) in [6.07, 6.45) is 4.12. The second kappa shape index (κ2) is 7.45. The molecule has 6 heteroatoms. The van der Waals surface area contributed by atoms with E-state index in [2.05, 4.69) is 10.2 Å². The summed E-state index contributed by atoms with van der Waals surface area (Å²) in [5.41, 5.74) is 1.04. The van der Waals surface area contributed by atoms with Crippen molar-refractivity contribution >= 4 is 23.2 Å². The highest BCUT2D eigenvalue weighted by molar-refractivity contribution is 7.12. The molecule has 0 spiro atoms. The van der Waals surface area contributed by atoms with Gasteiger partial charge in [-0.15, -0.1) is 11.3 Å². The molecule has 1 aromatic rings. The van der Waals surface area contributed by atoms with Gasteiger partial charge in [-0.3, -0.25) is 14.5 Å². The van der Waals surface area contributed by atoms with Crippen molar-refractivity contribution in [3.05, 3.63) is 21.9 Å². The molecule has 23 heavy (non-hydrogen) atoms. The largest absolute Gasteiger partial charge is 0.349 e. The molecule has 2 fully saturated rings. The lowest BCUT2D eigenvalue weighted by Gasteiger charge is -2.32. The van der Waals surface area contributed by atoms with E-state index in [9.17, 15) is 9.59 Å². The molecule has 0 bridgehead atoms. The number of thiophene rings is 1. The van der Waals surface area contributed by atoms with Crippen molar-refractivity contribution in [1.29, 1.82) is 0 Å². The Kier molecular flexibility index (Phi) is 5.33. The van der Waals surface area contributed by atoms with E-state index < -0.39 is 0 Å². The first kappa shape index (κ1) is 16.5. The summed E-state index contributed by atoms with van der Waals surface area (Å²) in [6.45, 7) is 6.11. The summed E-state index contributed by atoms with van der Waals surface area (Å²) in [5, 5.41) is 5.10. The fraction of sp³-hybridized carbons (Fsp3) is 0.647. The van der Waals surface area contributed by atoms with Crippen LogP contribution >= 0.6 is 11.3 Å². The number of nitrogens with zero attached hydrogens (tertiary/aromatic N) is 2. The van der Waals surface area contributed by atoms with Crippen molar-refractivity contribution in [2.75, 3.05) is 32.7 Å². The molecule has 0 aromatic carbocycles.